The SMILES string of the molecule is C=CCCOC(=O)N(Cc1ccc2c(c1)OCO2)C1CC(=NOC(C)(C)C)C2=CC(CCCCO)C(CCCCO)C3c4cc(Oc5ccc(OC)c(C=O)c5)ccc4OC1(OCC=C)C23. The number of carbonyl (C=O) groups is 2. The molecule has 2 N–H and O–H groups in total. The van der Waals surface area contributed by atoms with Crippen LogP contribution < -0.4 is 23.7 Å². The van der Waals surface area contributed by atoms with Crippen molar-refractivity contribution in [3.8, 4) is 34.5 Å². The molecule has 0 spiro atoms. The van der Waals surface area contributed by atoms with E-state index in [9.17, 15) is 19.8 Å². The van der Waals surface area contributed by atoms with Gasteiger partial charge >= 0.3 is 6.09 Å². The fraction of sp³-hybridized carbons (Fsp3) is 0.481. The number of aliphatic hydroxyl groups excluding tert-OH is 2. The summed E-state index contributed by atoms with van der Waals surface area (Å²) in [5.41, 5.74) is 2.88. The predicted octanol–water partition coefficient (Wildman–Crippen LogP) is 9.68. The lowest BCUT2D eigenvalue weighted by Crippen LogP contribution is -2.70. The summed E-state index contributed by atoms with van der Waals surface area (Å²) in [5.74, 6) is 0.716. The lowest BCUT2D eigenvalue weighted by atomic mass is 9.55. The molecule has 4 aliphatic rings. The van der Waals surface area contributed by atoms with Crippen molar-refractivity contribution in [2.24, 2.45) is 22.9 Å². The van der Waals surface area contributed by atoms with E-state index in [4.69, 9.17) is 43.2 Å². The van der Waals surface area contributed by atoms with E-state index >= 15 is 0 Å². The highest BCUT2D eigenvalue weighted by Crippen LogP contribution is 2.62. The Hall–Kier alpha value is -5.83. The second-order valence-corrected chi connectivity index (χ2v) is 18.1. The first-order valence-electron chi connectivity index (χ1n) is 23.0. The number of ether oxygens (including phenoxy) is 7. The van der Waals surface area contributed by atoms with E-state index in [1.165, 1.54) is 7.11 Å². The molecular weight excluding hydrogens is 845 g/mol. The van der Waals surface area contributed by atoms with Crippen LogP contribution >= 0.6 is 0 Å². The third-order valence-corrected chi connectivity index (χ3v) is 12.6. The summed E-state index contributed by atoms with van der Waals surface area (Å²) < 4.78 is 43.8. The van der Waals surface area contributed by atoms with E-state index in [0.29, 0.717) is 65.0 Å². The Morgan fingerprint density at radius 1 is 0.939 bits per heavy atom. The first-order valence-corrected chi connectivity index (χ1v) is 23.0. The van der Waals surface area contributed by atoms with E-state index < -0.39 is 29.4 Å². The van der Waals surface area contributed by atoms with Crippen LogP contribution in [0.15, 0.2) is 96.7 Å². The number of nitrogens with zero attached hydrogens (tertiary/aromatic N) is 2. The van der Waals surface area contributed by atoms with E-state index in [1.807, 2.05) is 57.2 Å². The normalized spacial score (nSPS) is 23.1. The Bertz CT molecular complexity index is 2270. The van der Waals surface area contributed by atoms with Crippen LogP contribution in [0.3, 0.4) is 0 Å². The highest BCUT2D eigenvalue weighted by molar-refractivity contribution is 6.03. The van der Waals surface area contributed by atoms with Crippen LogP contribution in [0.5, 0.6) is 34.5 Å². The number of fused-ring (bicyclic) bond motifs is 3. The summed E-state index contributed by atoms with van der Waals surface area (Å²) in [6, 6.07) is 15.5. The summed E-state index contributed by atoms with van der Waals surface area (Å²) >= 11 is 0. The molecular formula is C52H64N2O12. The quantitative estimate of drug-likeness (QED) is 0.0425. The summed E-state index contributed by atoms with van der Waals surface area (Å²) in [6.45, 7) is 14.2. The minimum Gasteiger partial charge on any atom is -0.496 e. The Morgan fingerprint density at radius 3 is 2.41 bits per heavy atom. The van der Waals surface area contributed by atoms with Crippen LogP contribution in [0, 0.1) is 17.8 Å². The van der Waals surface area contributed by atoms with Crippen LogP contribution in [0.4, 0.5) is 4.79 Å². The molecule has 2 aliphatic heterocycles. The Morgan fingerprint density at radius 2 is 1.68 bits per heavy atom. The zero-order chi connectivity index (χ0) is 46.8. The van der Waals surface area contributed by atoms with Crippen molar-refractivity contribution < 1.29 is 57.8 Å². The van der Waals surface area contributed by atoms with Crippen LogP contribution in [0.2, 0.25) is 0 Å². The Labute approximate surface area is 387 Å². The van der Waals surface area contributed by atoms with Gasteiger partial charge in [0.2, 0.25) is 12.6 Å². The van der Waals surface area contributed by atoms with Crippen molar-refractivity contribution >= 4 is 18.1 Å². The molecule has 14 nitrogen and oxygen atoms in total. The first kappa shape index (κ1) is 48.1. The number of benzene rings is 3. The molecule has 3 aromatic carbocycles. The average Bonchev–Trinajstić information content (AvgIpc) is 3.78. The van der Waals surface area contributed by atoms with Gasteiger partial charge in [0, 0.05) is 37.7 Å². The minimum absolute atomic E-state index is 0.0147. The van der Waals surface area contributed by atoms with E-state index in [-0.39, 0.29) is 63.9 Å². The average molecular weight is 909 g/mol. The third-order valence-electron chi connectivity index (χ3n) is 12.6. The molecule has 6 atom stereocenters. The molecule has 0 radical (unpaired) electrons. The largest absolute Gasteiger partial charge is 0.496 e. The number of amides is 1. The van der Waals surface area contributed by atoms with Gasteiger partial charge < -0.3 is 48.2 Å². The Balaban J connectivity index is 1.46. The van der Waals surface area contributed by atoms with Crippen molar-refractivity contribution in [2.45, 2.75) is 102 Å². The monoisotopic (exact) mass is 908 g/mol. The lowest BCUT2D eigenvalue weighted by molar-refractivity contribution is -0.256. The van der Waals surface area contributed by atoms with Crippen molar-refractivity contribution in [3.63, 3.8) is 0 Å². The van der Waals surface area contributed by atoms with Gasteiger partial charge in [-0.25, -0.2) is 4.79 Å². The predicted molar refractivity (Wildman–Crippen MR) is 249 cm³/mol. The van der Waals surface area contributed by atoms with Crippen molar-refractivity contribution in [3.05, 3.63) is 108 Å². The zero-order valence-corrected chi connectivity index (χ0v) is 38.6. The molecule has 1 saturated carbocycles. The number of unbranched alkanes of at least 4 members (excludes halogenated alkanes) is 2. The van der Waals surface area contributed by atoms with Gasteiger partial charge in [-0.2, -0.15) is 0 Å². The number of hydrogen-bond donors (Lipinski definition) is 2. The first-order chi connectivity index (χ1) is 32.0. The van der Waals surface area contributed by atoms with Crippen molar-refractivity contribution in [1.29, 1.82) is 0 Å². The molecule has 0 aromatic heterocycles. The lowest BCUT2D eigenvalue weighted by Gasteiger charge is -2.60. The van der Waals surface area contributed by atoms with Crippen LogP contribution in [0.25, 0.3) is 0 Å². The van der Waals surface area contributed by atoms with Gasteiger partial charge in [-0.3, -0.25) is 9.69 Å². The maximum Gasteiger partial charge on any atom is 0.410 e. The van der Waals surface area contributed by atoms with Crippen LogP contribution in [0.1, 0.15) is 99.5 Å². The molecule has 0 bridgehead atoms. The number of oxime groups is 1. The molecule has 1 amide bonds. The smallest absolute Gasteiger partial charge is 0.410 e. The molecule has 0 saturated heterocycles. The van der Waals surface area contributed by atoms with Gasteiger partial charge in [0.25, 0.3) is 0 Å². The van der Waals surface area contributed by atoms with Crippen LogP contribution in [-0.4, -0.2) is 91.0 Å². The Kier molecular flexibility index (Phi) is 15.8. The fourth-order valence-corrected chi connectivity index (χ4v) is 9.76. The zero-order valence-electron chi connectivity index (χ0n) is 38.6. The number of rotatable bonds is 22. The maximum absolute atomic E-state index is 14.8. The van der Waals surface area contributed by atoms with Gasteiger partial charge in [-0.05, 0) is 124 Å². The summed E-state index contributed by atoms with van der Waals surface area (Å²) in [6.07, 6.45) is 10.8. The van der Waals surface area contributed by atoms with E-state index in [0.717, 1.165) is 48.7 Å². The molecule has 66 heavy (non-hydrogen) atoms. The second kappa shape index (κ2) is 21.6. The number of carbonyl (C=O) groups excluding carboxylic acids is 2. The van der Waals surface area contributed by atoms with Crippen molar-refractivity contribution in [2.75, 3.05) is 40.3 Å². The number of methoxy groups -OCH3 is 1. The molecule has 2 aliphatic carbocycles. The highest BCUT2D eigenvalue weighted by Gasteiger charge is 2.66. The van der Waals surface area contributed by atoms with E-state index in [1.54, 1.807) is 35.3 Å². The third kappa shape index (κ3) is 10.6. The number of aldehydes is 1. The van der Waals surface area contributed by atoms with E-state index in [2.05, 4.69) is 19.2 Å². The minimum atomic E-state index is -1.53. The van der Waals surface area contributed by atoms with Gasteiger partial charge in [0.05, 0.1) is 37.5 Å². The molecule has 2 heterocycles. The highest BCUT2D eigenvalue weighted by atomic mass is 16.7. The molecule has 7 rings (SSSR count). The van der Waals surface area contributed by atoms with Crippen molar-refractivity contribution in [1.82, 2.24) is 4.90 Å². The fourth-order valence-electron chi connectivity index (χ4n) is 9.76. The maximum atomic E-state index is 14.8. The van der Waals surface area contributed by atoms with Gasteiger partial charge in [-0.15, -0.1) is 13.2 Å². The standard InChI is InChI=1S/C52H64N2O12/c1-7-9-25-60-50(58)54(31-34-16-19-45-46(26-34)62-33-61-45)47-30-42(53-66-51(3,4)5)40-28-35(14-10-12-22-55)39(15-11-13-23-56)48-41-29-38(64-37-17-20-43(59-6)36(27-37)32-57)18-21-44(41)65-52(47,49(40)48)63-24-8-2/h7-8,16-21,26-29,32,35,39,47-49,55-56H,1-2,9-15,22-25,30-31,33H2,3-6H3. The number of aliphatic hydroxyl groups is 2. The molecule has 354 valence electrons. The van der Waals surface area contributed by atoms with Crippen LogP contribution in [-0.2, 0) is 20.9 Å². The van der Waals surface area contributed by atoms with Gasteiger partial charge in [0.1, 0.15) is 34.6 Å². The topological polar surface area (TPSA) is 164 Å². The molecule has 14 heteroatoms. The van der Waals surface area contributed by atoms with Gasteiger partial charge in [-0.1, -0.05) is 42.3 Å². The second-order valence-electron chi connectivity index (χ2n) is 18.1. The number of hydrogen-bond acceptors (Lipinski definition) is 13. The molecule has 6 unspecified atom stereocenters. The summed E-state index contributed by atoms with van der Waals surface area (Å²) in [5, 5.41) is 24.9. The number of allylic oxidation sites excluding steroid dienone is 1. The summed E-state index contributed by atoms with van der Waals surface area (Å²) in [4.78, 5) is 34.8. The van der Waals surface area contributed by atoms with Gasteiger partial charge in [0.15, 0.2) is 17.8 Å². The molecule has 3 aromatic rings. The summed E-state index contributed by atoms with van der Waals surface area (Å²) in [7, 11) is 1.51. The molecule has 1 fully saturated rings.